The fourth-order valence-corrected chi connectivity index (χ4v) is 4.76. The lowest BCUT2D eigenvalue weighted by Crippen LogP contribution is -2.39. The molecule has 0 bridgehead atoms. The van der Waals surface area contributed by atoms with Crippen LogP contribution >= 0.6 is 11.6 Å². The van der Waals surface area contributed by atoms with Gasteiger partial charge in [-0.15, -0.1) is 0 Å². The highest BCUT2D eigenvalue weighted by Gasteiger charge is 2.27. The molecule has 0 aromatic heterocycles. The van der Waals surface area contributed by atoms with Crippen molar-refractivity contribution in [2.75, 3.05) is 32.7 Å². The van der Waals surface area contributed by atoms with Crippen LogP contribution in [0.2, 0.25) is 5.02 Å². The zero-order valence-electron chi connectivity index (χ0n) is 15.9. The summed E-state index contributed by atoms with van der Waals surface area (Å²) >= 11 is 5.85. The van der Waals surface area contributed by atoms with Gasteiger partial charge in [-0.3, -0.25) is 9.69 Å². The second-order valence-electron chi connectivity index (χ2n) is 6.89. The summed E-state index contributed by atoms with van der Waals surface area (Å²) in [5.41, 5.74) is 0.954. The largest absolute Gasteiger partial charge is 0.351 e. The fraction of sp³-hybridized carbons (Fsp3) is 0.350. The molecule has 1 amide bonds. The van der Waals surface area contributed by atoms with Crippen LogP contribution in [0.5, 0.6) is 0 Å². The standard InChI is InChI=1S/C20H23ClFN3O3S/c21-17-4-2-16(3-5-17)14-23-20(26)15-24-10-1-11-25(13-12-24)29(27,28)19-8-6-18(22)7-9-19/h2-9H,1,10-15H2,(H,23,26). The van der Waals surface area contributed by atoms with E-state index in [-0.39, 0.29) is 23.9 Å². The van der Waals surface area contributed by atoms with Gasteiger partial charge >= 0.3 is 0 Å². The van der Waals surface area contributed by atoms with Crippen LogP contribution in [0.15, 0.2) is 53.4 Å². The fourth-order valence-electron chi connectivity index (χ4n) is 3.16. The Labute approximate surface area is 175 Å². The maximum atomic E-state index is 13.1. The molecule has 0 unspecified atom stereocenters. The average Bonchev–Trinajstić information content (AvgIpc) is 2.94. The lowest BCUT2D eigenvalue weighted by atomic mass is 10.2. The quantitative estimate of drug-likeness (QED) is 0.750. The summed E-state index contributed by atoms with van der Waals surface area (Å²) < 4.78 is 40.0. The van der Waals surface area contributed by atoms with Gasteiger partial charge in [-0.2, -0.15) is 4.31 Å². The van der Waals surface area contributed by atoms with E-state index >= 15 is 0 Å². The molecule has 156 valence electrons. The molecule has 0 spiro atoms. The van der Waals surface area contributed by atoms with E-state index < -0.39 is 15.8 Å². The molecular weight excluding hydrogens is 417 g/mol. The van der Waals surface area contributed by atoms with E-state index in [9.17, 15) is 17.6 Å². The Hall–Kier alpha value is -2.00. The van der Waals surface area contributed by atoms with Gasteiger partial charge in [0.1, 0.15) is 5.82 Å². The molecule has 0 atom stereocenters. The summed E-state index contributed by atoms with van der Waals surface area (Å²) in [6.07, 6.45) is 0.616. The number of carbonyl (C=O) groups is 1. The minimum atomic E-state index is -3.68. The zero-order chi connectivity index (χ0) is 20.9. The van der Waals surface area contributed by atoms with Crippen molar-refractivity contribution in [2.24, 2.45) is 0 Å². The van der Waals surface area contributed by atoms with Crippen LogP contribution in [-0.2, 0) is 21.4 Å². The third-order valence-corrected chi connectivity index (χ3v) is 6.93. The van der Waals surface area contributed by atoms with Crippen molar-refractivity contribution < 1.29 is 17.6 Å². The first kappa shape index (κ1) is 21.7. The Morgan fingerprint density at radius 2 is 1.69 bits per heavy atom. The van der Waals surface area contributed by atoms with Gasteiger partial charge in [-0.05, 0) is 54.9 Å². The summed E-state index contributed by atoms with van der Waals surface area (Å²) in [4.78, 5) is 14.3. The highest BCUT2D eigenvalue weighted by molar-refractivity contribution is 7.89. The Balaban J connectivity index is 1.52. The number of nitrogens with one attached hydrogen (secondary N) is 1. The first-order valence-electron chi connectivity index (χ1n) is 9.34. The molecule has 9 heteroatoms. The van der Waals surface area contributed by atoms with Gasteiger partial charge in [0.25, 0.3) is 0 Å². The summed E-state index contributed by atoms with van der Waals surface area (Å²) in [5.74, 6) is -0.592. The lowest BCUT2D eigenvalue weighted by molar-refractivity contribution is -0.122. The van der Waals surface area contributed by atoms with Crippen LogP contribution in [0.4, 0.5) is 4.39 Å². The molecule has 1 aliphatic heterocycles. The van der Waals surface area contributed by atoms with Gasteiger partial charge in [0, 0.05) is 31.2 Å². The molecule has 1 N–H and O–H groups in total. The smallest absolute Gasteiger partial charge is 0.243 e. The van der Waals surface area contributed by atoms with Gasteiger partial charge in [0.2, 0.25) is 15.9 Å². The number of benzene rings is 2. The summed E-state index contributed by atoms with van der Waals surface area (Å²) in [7, 11) is -3.68. The molecule has 1 heterocycles. The summed E-state index contributed by atoms with van der Waals surface area (Å²) in [5, 5.41) is 3.51. The number of hydrogen-bond acceptors (Lipinski definition) is 4. The van der Waals surface area contributed by atoms with Crippen LogP contribution in [0.1, 0.15) is 12.0 Å². The number of sulfonamides is 1. The summed E-state index contributed by atoms with van der Waals surface area (Å²) in [6.45, 7) is 2.35. The second kappa shape index (κ2) is 9.67. The molecule has 3 rings (SSSR count). The van der Waals surface area contributed by atoms with Crippen molar-refractivity contribution >= 4 is 27.5 Å². The number of halogens is 2. The molecule has 0 aliphatic carbocycles. The zero-order valence-corrected chi connectivity index (χ0v) is 17.4. The van der Waals surface area contributed by atoms with Crippen molar-refractivity contribution in [3.8, 4) is 0 Å². The van der Waals surface area contributed by atoms with Crippen molar-refractivity contribution in [2.45, 2.75) is 17.9 Å². The second-order valence-corrected chi connectivity index (χ2v) is 9.27. The van der Waals surface area contributed by atoms with Gasteiger partial charge in [-0.25, -0.2) is 12.8 Å². The molecular formula is C20H23ClFN3O3S. The molecule has 2 aromatic carbocycles. The first-order valence-corrected chi connectivity index (χ1v) is 11.2. The van der Waals surface area contributed by atoms with Gasteiger partial charge < -0.3 is 5.32 Å². The molecule has 0 saturated carbocycles. The van der Waals surface area contributed by atoms with E-state index in [1.54, 1.807) is 12.1 Å². The minimum absolute atomic E-state index is 0.0769. The van der Waals surface area contributed by atoms with Crippen molar-refractivity contribution in [1.29, 1.82) is 0 Å². The van der Waals surface area contributed by atoms with Gasteiger partial charge in [-0.1, -0.05) is 23.7 Å². The maximum Gasteiger partial charge on any atom is 0.243 e. The van der Waals surface area contributed by atoms with Crippen LogP contribution in [0, 0.1) is 5.82 Å². The number of hydrogen-bond donors (Lipinski definition) is 1. The molecule has 6 nitrogen and oxygen atoms in total. The molecule has 29 heavy (non-hydrogen) atoms. The lowest BCUT2D eigenvalue weighted by Gasteiger charge is -2.21. The topological polar surface area (TPSA) is 69.7 Å². The van der Waals surface area contributed by atoms with Crippen LogP contribution in [0.25, 0.3) is 0 Å². The maximum absolute atomic E-state index is 13.1. The third-order valence-electron chi connectivity index (χ3n) is 4.77. The van der Waals surface area contributed by atoms with Crippen molar-refractivity contribution in [1.82, 2.24) is 14.5 Å². The van der Waals surface area contributed by atoms with Crippen LogP contribution < -0.4 is 5.32 Å². The highest BCUT2D eigenvalue weighted by Crippen LogP contribution is 2.18. The first-order chi connectivity index (χ1) is 13.8. The van der Waals surface area contributed by atoms with Gasteiger partial charge in [0.05, 0.1) is 11.4 Å². The molecule has 1 saturated heterocycles. The Kier molecular flexibility index (Phi) is 7.23. The van der Waals surface area contributed by atoms with E-state index in [0.29, 0.717) is 37.6 Å². The highest BCUT2D eigenvalue weighted by atomic mass is 35.5. The van der Waals surface area contributed by atoms with Crippen molar-refractivity contribution in [3.05, 3.63) is 64.9 Å². The van der Waals surface area contributed by atoms with Crippen LogP contribution in [-0.4, -0.2) is 56.3 Å². The Morgan fingerprint density at radius 1 is 1.00 bits per heavy atom. The predicted octanol–water partition coefficient (Wildman–Crippen LogP) is 2.49. The summed E-state index contributed by atoms with van der Waals surface area (Å²) in [6, 6.07) is 12.1. The third kappa shape index (κ3) is 5.99. The van der Waals surface area contributed by atoms with E-state index in [0.717, 1.165) is 17.7 Å². The molecule has 2 aromatic rings. The normalized spacial score (nSPS) is 16.3. The number of amides is 1. The van der Waals surface area contributed by atoms with E-state index in [2.05, 4.69) is 5.32 Å². The monoisotopic (exact) mass is 439 g/mol. The van der Waals surface area contributed by atoms with Crippen LogP contribution in [0.3, 0.4) is 0 Å². The molecule has 1 fully saturated rings. The van der Waals surface area contributed by atoms with E-state index in [4.69, 9.17) is 11.6 Å². The number of rotatable bonds is 6. The Bertz CT molecular complexity index is 936. The molecule has 1 aliphatic rings. The SMILES string of the molecule is O=C(CN1CCCN(S(=O)(=O)c2ccc(F)cc2)CC1)NCc1ccc(Cl)cc1. The van der Waals surface area contributed by atoms with E-state index in [1.165, 1.54) is 16.4 Å². The average molecular weight is 440 g/mol. The predicted molar refractivity (Wildman–Crippen MR) is 110 cm³/mol. The Morgan fingerprint density at radius 3 is 2.38 bits per heavy atom. The molecule has 0 radical (unpaired) electrons. The van der Waals surface area contributed by atoms with Gasteiger partial charge in [0.15, 0.2) is 0 Å². The minimum Gasteiger partial charge on any atom is -0.351 e. The number of nitrogens with zero attached hydrogens (tertiary/aromatic N) is 2. The van der Waals surface area contributed by atoms with E-state index in [1.807, 2.05) is 17.0 Å². The van der Waals surface area contributed by atoms with Crippen molar-refractivity contribution in [3.63, 3.8) is 0 Å². The number of carbonyl (C=O) groups excluding carboxylic acids is 1.